The fraction of sp³-hybridized carbons (Fsp3) is 0.591. The largest absolute Gasteiger partial charge is 0.494 e. The molecule has 1 aliphatic heterocycles. The Balaban J connectivity index is 1.26. The van der Waals surface area contributed by atoms with Crippen LogP contribution < -0.4 is 15.6 Å². The summed E-state index contributed by atoms with van der Waals surface area (Å²) < 4.78 is 7.67. The summed E-state index contributed by atoms with van der Waals surface area (Å²) in [5.41, 5.74) is 1.28. The highest BCUT2D eigenvalue weighted by atomic mass is 16.5. The zero-order valence-corrected chi connectivity index (χ0v) is 17.1. The molecule has 154 valence electrons. The number of aryl methyl sites for hydroxylation is 1. The number of anilines is 1. The van der Waals surface area contributed by atoms with E-state index in [2.05, 4.69) is 39.6 Å². The van der Waals surface area contributed by atoms with E-state index in [1.165, 1.54) is 37.9 Å². The number of aromatic amines is 1. The van der Waals surface area contributed by atoms with E-state index < -0.39 is 0 Å². The summed E-state index contributed by atoms with van der Waals surface area (Å²) in [6, 6.07) is 10.2. The summed E-state index contributed by atoms with van der Waals surface area (Å²) in [5, 5.41) is 5.98. The van der Waals surface area contributed by atoms with Crippen LogP contribution in [0, 0.1) is 0 Å². The summed E-state index contributed by atoms with van der Waals surface area (Å²) in [7, 11) is 1.84. The van der Waals surface area contributed by atoms with Crippen molar-refractivity contribution in [3.63, 3.8) is 0 Å². The van der Waals surface area contributed by atoms with Crippen molar-refractivity contribution < 1.29 is 4.74 Å². The number of nitrogens with zero attached hydrogens (tertiary/aromatic N) is 2. The molecule has 1 aromatic carbocycles. The molecule has 28 heavy (non-hydrogen) atoms. The molecule has 0 bridgehead atoms. The predicted molar refractivity (Wildman–Crippen MR) is 114 cm³/mol. The molecule has 3 rings (SSSR count). The molecule has 0 unspecified atom stereocenters. The van der Waals surface area contributed by atoms with Gasteiger partial charge in [0.25, 0.3) is 5.56 Å². The first-order chi connectivity index (χ1) is 13.7. The average Bonchev–Trinajstić information content (AvgIpc) is 3.02. The highest BCUT2D eigenvalue weighted by Gasteiger charge is 2.10. The topological polar surface area (TPSA) is 62.3 Å². The number of piperidine rings is 1. The molecule has 2 aromatic rings. The van der Waals surface area contributed by atoms with E-state index >= 15 is 0 Å². The van der Waals surface area contributed by atoms with Gasteiger partial charge in [0.2, 0.25) is 0 Å². The molecule has 0 spiro atoms. The lowest BCUT2D eigenvalue weighted by Crippen LogP contribution is -2.29. The van der Waals surface area contributed by atoms with Gasteiger partial charge in [-0.05, 0) is 56.5 Å². The van der Waals surface area contributed by atoms with E-state index in [-0.39, 0.29) is 5.56 Å². The van der Waals surface area contributed by atoms with Crippen molar-refractivity contribution in [3.05, 3.63) is 46.2 Å². The first kappa shape index (κ1) is 20.5. The maximum atomic E-state index is 11.2. The normalized spacial score (nSPS) is 14.9. The molecule has 1 aromatic heterocycles. The molecule has 6 nitrogen and oxygen atoms in total. The lowest BCUT2D eigenvalue weighted by Gasteiger charge is -2.26. The number of ether oxygens (including phenoxy) is 1. The summed E-state index contributed by atoms with van der Waals surface area (Å²) in [6.45, 7) is 5.13. The maximum absolute atomic E-state index is 11.2. The van der Waals surface area contributed by atoms with Crippen LogP contribution in [0.4, 0.5) is 5.82 Å². The van der Waals surface area contributed by atoms with Gasteiger partial charge in [0, 0.05) is 26.2 Å². The Morgan fingerprint density at radius 1 is 1.07 bits per heavy atom. The van der Waals surface area contributed by atoms with Crippen LogP contribution in [0.2, 0.25) is 0 Å². The number of aromatic nitrogens is 2. The molecule has 0 atom stereocenters. The smallest absolute Gasteiger partial charge is 0.266 e. The minimum absolute atomic E-state index is 0.0675. The van der Waals surface area contributed by atoms with E-state index in [1.54, 1.807) is 10.7 Å². The quantitative estimate of drug-likeness (QED) is 0.578. The highest BCUT2D eigenvalue weighted by molar-refractivity contribution is 5.33. The van der Waals surface area contributed by atoms with Crippen molar-refractivity contribution in [3.8, 4) is 5.75 Å². The number of nitrogens with one attached hydrogen (secondary N) is 2. The molecule has 6 heteroatoms. The molecule has 0 aliphatic carbocycles. The molecule has 0 saturated carbocycles. The molecule has 1 aliphatic rings. The molecule has 2 heterocycles. The Morgan fingerprint density at radius 3 is 2.68 bits per heavy atom. The molecule has 2 N–H and O–H groups in total. The van der Waals surface area contributed by atoms with Crippen molar-refractivity contribution in [2.24, 2.45) is 7.05 Å². The third kappa shape index (κ3) is 6.75. The van der Waals surface area contributed by atoms with E-state index in [0.717, 1.165) is 56.9 Å². The van der Waals surface area contributed by atoms with E-state index in [1.807, 2.05) is 7.05 Å². The van der Waals surface area contributed by atoms with Gasteiger partial charge in [0.1, 0.15) is 11.6 Å². The van der Waals surface area contributed by atoms with Crippen molar-refractivity contribution in [2.45, 2.75) is 51.5 Å². The van der Waals surface area contributed by atoms with Crippen molar-refractivity contribution in [1.29, 1.82) is 0 Å². The van der Waals surface area contributed by atoms with Crippen LogP contribution >= 0.6 is 0 Å². The fourth-order valence-corrected chi connectivity index (χ4v) is 3.74. The van der Waals surface area contributed by atoms with Gasteiger partial charge in [0.05, 0.1) is 6.61 Å². The van der Waals surface area contributed by atoms with Crippen LogP contribution in [0.5, 0.6) is 5.75 Å². The van der Waals surface area contributed by atoms with Gasteiger partial charge in [-0.3, -0.25) is 19.5 Å². The Morgan fingerprint density at radius 2 is 1.89 bits per heavy atom. The van der Waals surface area contributed by atoms with E-state index in [9.17, 15) is 4.79 Å². The summed E-state index contributed by atoms with van der Waals surface area (Å²) in [5.74, 6) is 1.84. The lowest BCUT2D eigenvalue weighted by atomic mass is 10.1. The fourth-order valence-electron chi connectivity index (χ4n) is 3.74. The monoisotopic (exact) mass is 386 g/mol. The summed E-state index contributed by atoms with van der Waals surface area (Å²) in [6.07, 6.45) is 8.50. The summed E-state index contributed by atoms with van der Waals surface area (Å²) in [4.78, 5) is 13.8. The van der Waals surface area contributed by atoms with Gasteiger partial charge >= 0.3 is 0 Å². The van der Waals surface area contributed by atoms with Crippen LogP contribution in [0.1, 0.15) is 50.5 Å². The van der Waals surface area contributed by atoms with Crippen LogP contribution in [0.3, 0.4) is 0 Å². The number of rotatable bonds is 11. The third-order valence-electron chi connectivity index (χ3n) is 5.31. The van der Waals surface area contributed by atoms with Crippen LogP contribution in [0.25, 0.3) is 0 Å². The Hall–Kier alpha value is -2.21. The van der Waals surface area contributed by atoms with Gasteiger partial charge in [0.15, 0.2) is 0 Å². The predicted octanol–water partition coefficient (Wildman–Crippen LogP) is 3.75. The summed E-state index contributed by atoms with van der Waals surface area (Å²) >= 11 is 0. The Labute approximate surface area is 167 Å². The highest BCUT2D eigenvalue weighted by Crippen LogP contribution is 2.18. The number of unbranched alkanes of at least 4 members (excludes halogenated alkanes) is 3. The van der Waals surface area contributed by atoms with Crippen molar-refractivity contribution in [1.82, 2.24) is 14.7 Å². The van der Waals surface area contributed by atoms with Crippen molar-refractivity contribution in [2.75, 3.05) is 31.6 Å². The number of likely N-dealkylation sites (tertiary alicyclic amines) is 1. The number of H-pyrrole nitrogens is 1. The third-order valence-corrected chi connectivity index (χ3v) is 5.31. The van der Waals surface area contributed by atoms with E-state index in [4.69, 9.17) is 4.74 Å². The first-order valence-electron chi connectivity index (χ1n) is 10.6. The number of hydrogen-bond acceptors (Lipinski definition) is 4. The minimum atomic E-state index is -0.0675. The zero-order valence-electron chi connectivity index (χ0n) is 17.1. The first-order valence-corrected chi connectivity index (χ1v) is 10.6. The SMILES string of the molecule is Cn1[nH]c(=O)cc1NCCCCCCOc1cccc(CN2CCCCC2)c1. The zero-order chi connectivity index (χ0) is 19.6. The van der Waals surface area contributed by atoms with Gasteiger partial charge in [-0.1, -0.05) is 31.4 Å². The van der Waals surface area contributed by atoms with Gasteiger partial charge in [-0.25, -0.2) is 0 Å². The molecule has 0 amide bonds. The van der Waals surface area contributed by atoms with Crippen LogP contribution in [-0.4, -0.2) is 40.9 Å². The Bertz CT molecular complexity index is 762. The lowest BCUT2D eigenvalue weighted by molar-refractivity contribution is 0.220. The maximum Gasteiger partial charge on any atom is 0.266 e. The molecule has 1 fully saturated rings. The van der Waals surface area contributed by atoms with Crippen molar-refractivity contribution >= 4 is 5.82 Å². The number of benzene rings is 1. The standard InChI is InChI=1S/C22H34N4O2/c1-25-21(17-22(27)24-25)23-12-5-2-3-8-15-28-20-11-9-10-19(16-20)18-26-13-6-4-7-14-26/h9-11,16-17,23H,2-8,12-15,18H2,1H3,(H,24,27). The van der Waals surface area contributed by atoms with E-state index in [0.29, 0.717) is 0 Å². The molecule has 1 saturated heterocycles. The van der Waals surface area contributed by atoms with Gasteiger partial charge in [-0.2, -0.15) is 0 Å². The van der Waals surface area contributed by atoms with Crippen LogP contribution in [0.15, 0.2) is 35.1 Å². The van der Waals surface area contributed by atoms with Gasteiger partial charge in [-0.15, -0.1) is 0 Å². The number of hydrogen-bond donors (Lipinski definition) is 2. The molecular weight excluding hydrogens is 352 g/mol. The molecular formula is C22H34N4O2. The van der Waals surface area contributed by atoms with Crippen LogP contribution in [-0.2, 0) is 13.6 Å². The second kappa shape index (κ2) is 11.0. The molecule has 0 radical (unpaired) electrons. The van der Waals surface area contributed by atoms with Gasteiger partial charge < -0.3 is 10.1 Å². The minimum Gasteiger partial charge on any atom is -0.494 e. The average molecular weight is 387 g/mol. The second-order valence-corrected chi connectivity index (χ2v) is 7.74. The Kier molecular flexibility index (Phi) is 8.03. The second-order valence-electron chi connectivity index (χ2n) is 7.74.